The second-order valence-electron chi connectivity index (χ2n) is 3.03. The molecule has 0 aromatic heterocycles. The number of nitrogens with zero attached hydrogens (tertiary/aromatic N) is 2. The number of halogens is 1. The van der Waals surface area contributed by atoms with Crippen LogP contribution in [0.4, 0.5) is 10.1 Å². The van der Waals surface area contributed by atoms with Gasteiger partial charge in [-0.1, -0.05) is 19.9 Å². The standard InChI is InChI=1S/C10H9FN4O.C2H6/c1-6-2-3-8(7(11)4-6)14-15-9(5-12)10(13)16;1-2/h2-4,14H,1H3,(H2,13,16);1-2H3/b15-9-;. The van der Waals surface area contributed by atoms with Gasteiger partial charge in [0.05, 0.1) is 5.69 Å². The number of primary amides is 1. The van der Waals surface area contributed by atoms with Crippen LogP contribution in [0.1, 0.15) is 19.4 Å². The Kier molecular flexibility index (Phi) is 6.74. The van der Waals surface area contributed by atoms with Crippen molar-refractivity contribution in [3.05, 3.63) is 29.6 Å². The molecule has 0 aliphatic carbocycles. The molecule has 0 saturated carbocycles. The summed E-state index contributed by atoms with van der Waals surface area (Å²) in [7, 11) is 0. The first-order valence-corrected chi connectivity index (χ1v) is 5.34. The van der Waals surface area contributed by atoms with Crippen molar-refractivity contribution in [1.82, 2.24) is 0 Å². The van der Waals surface area contributed by atoms with Crippen LogP contribution >= 0.6 is 0 Å². The molecule has 1 aromatic carbocycles. The minimum atomic E-state index is -0.970. The van der Waals surface area contributed by atoms with E-state index in [1.807, 2.05) is 13.8 Å². The summed E-state index contributed by atoms with van der Waals surface area (Å²) in [6.45, 7) is 5.74. The Morgan fingerprint density at radius 2 is 2.11 bits per heavy atom. The lowest BCUT2D eigenvalue weighted by atomic mass is 10.2. The molecule has 0 heterocycles. The van der Waals surface area contributed by atoms with Crippen LogP contribution in [0.15, 0.2) is 23.3 Å². The van der Waals surface area contributed by atoms with Gasteiger partial charge in [-0.15, -0.1) is 0 Å². The van der Waals surface area contributed by atoms with Crippen LogP contribution in [-0.2, 0) is 4.79 Å². The van der Waals surface area contributed by atoms with E-state index in [0.29, 0.717) is 0 Å². The number of nitrogens with two attached hydrogens (primary N) is 1. The molecule has 1 aromatic rings. The number of rotatable bonds is 3. The zero-order valence-corrected chi connectivity index (χ0v) is 10.5. The molecule has 0 saturated heterocycles. The van der Waals surface area contributed by atoms with Gasteiger partial charge >= 0.3 is 0 Å². The fourth-order valence-corrected chi connectivity index (χ4v) is 0.962. The Morgan fingerprint density at radius 1 is 1.50 bits per heavy atom. The van der Waals surface area contributed by atoms with Crippen molar-refractivity contribution in [3.8, 4) is 6.07 Å². The molecule has 0 atom stereocenters. The van der Waals surface area contributed by atoms with Crippen molar-refractivity contribution in [2.24, 2.45) is 10.8 Å². The number of benzene rings is 1. The predicted molar refractivity (Wildman–Crippen MR) is 68.4 cm³/mol. The van der Waals surface area contributed by atoms with Gasteiger partial charge < -0.3 is 5.73 Å². The topological polar surface area (TPSA) is 91.3 Å². The van der Waals surface area contributed by atoms with Gasteiger partial charge in [-0.05, 0) is 24.6 Å². The summed E-state index contributed by atoms with van der Waals surface area (Å²) in [4.78, 5) is 10.6. The van der Waals surface area contributed by atoms with Crippen molar-refractivity contribution in [3.63, 3.8) is 0 Å². The fraction of sp³-hybridized carbons (Fsp3) is 0.250. The maximum Gasteiger partial charge on any atom is 0.280 e. The van der Waals surface area contributed by atoms with Gasteiger partial charge in [0, 0.05) is 0 Å². The van der Waals surface area contributed by atoms with Crippen LogP contribution in [0, 0.1) is 24.1 Å². The zero-order valence-electron chi connectivity index (χ0n) is 10.5. The van der Waals surface area contributed by atoms with Gasteiger partial charge in [-0.2, -0.15) is 10.4 Å². The Balaban J connectivity index is 0.00000137. The molecule has 0 bridgehead atoms. The molecule has 96 valence electrons. The molecule has 0 spiro atoms. The summed E-state index contributed by atoms with van der Waals surface area (Å²) >= 11 is 0. The zero-order chi connectivity index (χ0) is 14.1. The quantitative estimate of drug-likeness (QED) is 0.634. The van der Waals surface area contributed by atoms with Crippen molar-refractivity contribution >= 4 is 17.3 Å². The number of carbonyl (C=O) groups excluding carboxylic acids is 1. The SMILES string of the molecule is CC.Cc1ccc(N/N=C(/C#N)C(N)=O)c(F)c1. The summed E-state index contributed by atoms with van der Waals surface area (Å²) in [5.74, 6) is -1.49. The van der Waals surface area contributed by atoms with E-state index in [9.17, 15) is 9.18 Å². The highest BCUT2D eigenvalue weighted by molar-refractivity contribution is 6.44. The molecular weight excluding hydrogens is 235 g/mol. The maximum atomic E-state index is 13.3. The molecule has 6 heteroatoms. The molecule has 0 unspecified atom stereocenters. The second kappa shape index (κ2) is 7.79. The highest BCUT2D eigenvalue weighted by atomic mass is 19.1. The molecule has 18 heavy (non-hydrogen) atoms. The van der Waals surface area contributed by atoms with Crippen molar-refractivity contribution in [2.75, 3.05) is 5.43 Å². The van der Waals surface area contributed by atoms with Gasteiger partial charge in [0.2, 0.25) is 5.71 Å². The van der Waals surface area contributed by atoms with E-state index < -0.39 is 17.4 Å². The maximum absolute atomic E-state index is 13.3. The summed E-state index contributed by atoms with van der Waals surface area (Å²) in [5, 5.41) is 11.9. The van der Waals surface area contributed by atoms with Crippen LogP contribution in [0.5, 0.6) is 0 Å². The van der Waals surface area contributed by atoms with E-state index in [4.69, 9.17) is 11.0 Å². The van der Waals surface area contributed by atoms with Crippen molar-refractivity contribution in [2.45, 2.75) is 20.8 Å². The van der Waals surface area contributed by atoms with E-state index >= 15 is 0 Å². The molecule has 0 aliphatic heterocycles. The molecule has 1 amide bonds. The Bertz CT molecular complexity index is 491. The van der Waals surface area contributed by atoms with Gasteiger partial charge in [0.1, 0.15) is 11.9 Å². The predicted octanol–water partition coefficient (Wildman–Crippen LogP) is 1.94. The fourth-order valence-electron chi connectivity index (χ4n) is 0.962. The van der Waals surface area contributed by atoms with Crippen LogP contribution in [0.2, 0.25) is 0 Å². The molecule has 5 nitrogen and oxygen atoms in total. The van der Waals surface area contributed by atoms with Gasteiger partial charge in [0.15, 0.2) is 0 Å². The van der Waals surface area contributed by atoms with E-state index in [1.165, 1.54) is 18.2 Å². The summed E-state index contributed by atoms with van der Waals surface area (Å²) in [6.07, 6.45) is 0. The average molecular weight is 250 g/mol. The number of hydrogen-bond donors (Lipinski definition) is 2. The number of hydrogen-bond acceptors (Lipinski definition) is 4. The van der Waals surface area contributed by atoms with Gasteiger partial charge in [0.25, 0.3) is 5.91 Å². The molecule has 0 aliphatic rings. The molecule has 0 radical (unpaired) electrons. The highest BCUT2D eigenvalue weighted by Crippen LogP contribution is 2.14. The molecule has 1 rings (SSSR count). The van der Waals surface area contributed by atoms with Crippen molar-refractivity contribution in [1.29, 1.82) is 5.26 Å². The van der Waals surface area contributed by atoms with Crippen LogP contribution in [0.3, 0.4) is 0 Å². The smallest absolute Gasteiger partial charge is 0.280 e. The minimum absolute atomic E-state index is 0.0691. The highest BCUT2D eigenvalue weighted by Gasteiger charge is 2.06. The largest absolute Gasteiger partial charge is 0.364 e. The number of amides is 1. The first-order chi connectivity index (χ1) is 8.54. The molecular formula is C12H15FN4O. The number of anilines is 1. The lowest BCUT2D eigenvalue weighted by Crippen LogP contribution is -2.22. The van der Waals surface area contributed by atoms with Crippen LogP contribution in [-0.4, -0.2) is 11.6 Å². The van der Waals surface area contributed by atoms with Crippen LogP contribution in [0.25, 0.3) is 0 Å². The Labute approximate surface area is 105 Å². The molecule has 3 N–H and O–H groups in total. The van der Waals surface area contributed by atoms with Crippen LogP contribution < -0.4 is 11.2 Å². The minimum Gasteiger partial charge on any atom is -0.364 e. The van der Waals surface area contributed by atoms with Gasteiger partial charge in [-0.3, -0.25) is 10.2 Å². The first kappa shape index (κ1) is 15.6. The third-order valence-corrected chi connectivity index (χ3v) is 1.75. The van der Waals surface area contributed by atoms with E-state index in [1.54, 1.807) is 13.0 Å². The van der Waals surface area contributed by atoms with Crippen molar-refractivity contribution < 1.29 is 9.18 Å². The Morgan fingerprint density at radius 3 is 2.56 bits per heavy atom. The number of carbonyl (C=O) groups is 1. The monoisotopic (exact) mass is 250 g/mol. The third kappa shape index (κ3) is 4.61. The summed E-state index contributed by atoms with van der Waals surface area (Å²) < 4.78 is 13.3. The lowest BCUT2D eigenvalue weighted by molar-refractivity contribution is -0.111. The number of nitriles is 1. The number of aryl methyl sites for hydroxylation is 1. The van der Waals surface area contributed by atoms with Gasteiger partial charge in [-0.25, -0.2) is 4.39 Å². The first-order valence-electron chi connectivity index (χ1n) is 5.34. The number of nitrogens with one attached hydrogen (secondary N) is 1. The third-order valence-electron chi connectivity index (χ3n) is 1.75. The van der Waals surface area contributed by atoms with E-state index in [0.717, 1.165) is 5.56 Å². The molecule has 0 fully saturated rings. The lowest BCUT2D eigenvalue weighted by Gasteiger charge is -2.02. The summed E-state index contributed by atoms with van der Waals surface area (Å²) in [6, 6.07) is 5.91. The average Bonchev–Trinajstić information content (AvgIpc) is 2.34. The van der Waals surface area contributed by atoms with E-state index in [-0.39, 0.29) is 5.69 Å². The Hall–Kier alpha value is -2.42. The van der Waals surface area contributed by atoms with E-state index in [2.05, 4.69) is 10.5 Å². The number of hydrazone groups is 1. The summed E-state index contributed by atoms with van der Waals surface area (Å²) in [5.41, 5.74) is 7.42. The second-order valence-corrected chi connectivity index (χ2v) is 3.03. The normalized spacial score (nSPS) is 9.83.